The van der Waals surface area contributed by atoms with E-state index in [4.69, 9.17) is 19.0 Å². The predicted molar refractivity (Wildman–Crippen MR) is 192 cm³/mol. The molecule has 8 rings (SSSR count). The standard InChI is InChI=1S/C41H47F3N4O4/c1-47(18-19-50-2)37(49)22-28-21-36(51-30-6-5-7-30)32-23-29(12-13-35(32)45-28)48-16-14-40(15-17-48)24-26(25-40)20-33-38(46-52-39(33)27-10-11-27)31-8-3-4-9-34(31)41(42,43)44/h3-4,8-9,12-13,21,23,26-27,30H,5-7,10-11,14-20,22,24-25H2,1-2H3. The summed E-state index contributed by atoms with van der Waals surface area (Å²) >= 11 is 0. The van der Waals surface area contributed by atoms with Crippen LogP contribution in [0.25, 0.3) is 22.2 Å². The highest BCUT2D eigenvalue weighted by Gasteiger charge is 2.47. The third-order valence-corrected chi connectivity index (χ3v) is 11.9. The lowest BCUT2D eigenvalue weighted by atomic mass is 9.56. The quantitative estimate of drug-likeness (QED) is 0.145. The fourth-order valence-electron chi connectivity index (χ4n) is 8.51. The summed E-state index contributed by atoms with van der Waals surface area (Å²) in [5.41, 5.74) is 3.64. The number of ether oxygens (including phenoxy) is 2. The predicted octanol–water partition coefficient (Wildman–Crippen LogP) is 8.60. The lowest BCUT2D eigenvalue weighted by Crippen LogP contribution is -2.47. The van der Waals surface area contributed by atoms with Crippen molar-refractivity contribution in [1.82, 2.24) is 15.0 Å². The maximum atomic E-state index is 14.0. The molecule has 4 aromatic rings. The van der Waals surface area contributed by atoms with Crippen molar-refractivity contribution in [2.45, 2.75) is 88.8 Å². The van der Waals surface area contributed by atoms with Crippen LogP contribution in [0.2, 0.25) is 0 Å². The number of fused-ring (bicyclic) bond motifs is 1. The van der Waals surface area contributed by atoms with Gasteiger partial charge < -0.3 is 23.8 Å². The number of piperidine rings is 1. The van der Waals surface area contributed by atoms with Gasteiger partial charge in [-0.2, -0.15) is 13.2 Å². The van der Waals surface area contributed by atoms with Gasteiger partial charge in [-0.15, -0.1) is 0 Å². The van der Waals surface area contributed by atoms with E-state index in [1.54, 1.807) is 25.1 Å². The van der Waals surface area contributed by atoms with Crippen LogP contribution >= 0.6 is 0 Å². The first kappa shape index (κ1) is 34.9. The molecule has 0 radical (unpaired) electrons. The molecule has 8 nitrogen and oxygen atoms in total. The maximum absolute atomic E-state index is 14.0. The molecule has 4 fully saturated rings. The number of nitrogens with zero attached hydrogens (tertiary/aromatic N) is 4. The van der Waals surface area contributed by atoms with E-state index in [-0.39, 0.29) is 35.3 Å². The van der Waals surface area contributed by atoms with E-state index in [0.717, 1.165) is 104 Å². The lowest BCUT2D eigenvalue weighted by molar-refractivity contribution is -0.137. The molecule has 0 unspecified atom stereocenters. The van der Waals surface area contributed by atoms with Crippen molar-refractivity contribution in [3.8, 4) is 17.0 Å². The largest absolute Gasteiger partial charge is 0.490 e. The molecule has 2 aromatic carbocycles. The van der Waals surface area contributed by atoms with Gasteiger partial charge in [0.05, 0.1) is 35.9 Å². The number of aromatic nitrogens is 2. The summed E-state index contributed by atoms with van der Waals surface area (Å²) in [4.78, 5) is 21.9. The Labute approximate surface area is 302 Å². The van der Waals surface area contributed by atoms with Crippen LogP contribution in [0.1, 0.15) is 86.3 Å². The maximum Gasteiger partial charge on any atom is 0.417 e. The van der Waals surface area contributed by atoms with Crippen molar-refractivity contribution in [1.29, 1.82) is 0 Å². The molecular formula is C41H47F3N4O4. The average molecular weight is 717 g/mol. The van der Waals surface area contributed by atoms with E-state index < -0.39 is 11.7 Å². The van der Waals surface area contributed by atoms with Gasteiger partial charge in [0.1, 0.15) is 17.2 Å². The molecule has 3 saturated carbocycles. The second-order valence-corrected chi connectivity index (χ2v) is 15.6. The first-order valence-electron chi connectivity index (χ1n) is 18.8. The minimum Gasteiger partial charge on any atom is -0.490 e. The van der Waals surface area contributed by atoms with Gasteiger partial charge in [0.2, 0.25) is 5.91 Å². The molecular weight excluding hydrogens is 669 g/mol. The number of amides is 1. The summed E-state index contributed by atoms with van der Waals surface area (Å²) in [6.07, 6.45) is 6.17. The summed E-state index contributed by atoms with van der Waals surface area (Å²) < 4.78 is 59.3. The summed E-state index contributed by atoms with van der Waals surface area (Å²) in [5, 5.41) is 5.22. The second-order valence-electron chi connectivity index (χ2n) is 15.6. The van der Waals surface area contributed by atoms with Gasteiger partial charge in [-0.3, -0.25) is 9.78 Å². The number of anilines is 1. The molecule has 3 aliphatic carbocycles. The van der Waals surface area contributed by atoms with Crippen LogP contribution < -0.4 is 9.64 Å². The third kappa shape index (κ3) is 7.13. The zero-order chi connectivity index (χ0) is 36.0. The van der Waals surface area contributed by atoms with Crippen LogP contribution in [0.4, 0.5) is 18.9 Å². The SMILES string of the molecule is COCCN(C)C(=O)Cc1cc(OC2CCC2)c2cc(N3CCC4(CC3)CC(Cc3c(-c5ccccc5C(F)(F)F)noc3C3CC3)C4)ccc2n1. The number of carbonyl (C=O) groups excluding carboxylic acids is 1. The number of hydrogen-bond donors (Lipinski definition) is 0. The minimum absolute atomic E-state index is 0.00685. The highest BCUT2D eigenvalue weighted by molar-refractivity contribution is 5.89. The van der Waals surface area contributed by atoms with Crippen molar-refractivity contribution >= 4 is 22.5 Å². The number of rotatable bonds is 12. The Morgan fingerprint density at radius 2 is 1.83 bits per heavy atom. The molecule has 1 saturated heterocycles. The molecule has 1 spiro atoms. The smallest absolute Gasteiger partial charge is 0.417 e. The number of alkyl halides is 3. The Balaban J connectivity index is 0.944. The van der Waals surface area contributed by atoms with E-state index >= 15 is 0 Å². The highest BCUT2D eigenvalue weighted by Crippen LogP contribution is 2.55. The van der Waals surface area contributed by atoms with E-state index in [0.29, 0.717) is 36.9 Å². The fourth-order valence-corrected chi connectivity index (χ4v) is 8.51. The van der Waals surface area contributed by atoms with E-state index in [1.807, 2.05) is 6.07 Å². The molecule has 1 amide bonds. The number of pyridine rings is 1. The monoisotopic (exact) mass is 716 g/mol. The fraction of sp³-hybridized carbons (Fsp3) is 0.537. The first-order chi connectivity index (χ1) is 25.1. The van der Waals surface area contributed by atoms with E-state index in [1.165, 1.54) is 18.6 Å². The number of methoxy groups -OCH3 is 1. The van der Waals surface area contributed by atoms with Gasteiger partial charge >= 0.3 is 6.18 Å². The van der Waals surface area contributed by atoms with Crippen LogP contribution in [0.15, 0.2) is 53.1 Å². The molecule has 0 atom stereocenters. The first-order valence-corrected chi connectivity index (χ1v) is 18.8. The molecule has 4 aliphatic rings. The summed E-state index contributed by atoms with van der Waals surface area (Å²) in [6.45, 7) is 2.89. The third-order valence-electron chi connectivity index (χ3n) is 11.9. The van der Waals surface area contributed by atoms with Gasteiger partial charge in [0.25, 0.3) is 0 Å². The molecule has 276 valence electrons. The van der Waals surface area contributed by atoms with Crippen LogP contribution in [-0.4, -0.2) is 67.5 Å². The molecule has 1 aliphatic heterocycles. The Morgan fingerprint density at radius 3 is 2.52 bits per heavy atom. The van der Waals surface area contributed by atoms with Crippen molar-refractivity contribution in [3.63, 3.8) is 0 Å². The second kappa shape index (κ2) is 14.0. The van der Waals surface area contributed by atoms with Gasteiger partial charge in [0.15, 0.2) is 0 Å². The summed E-state index contributed by atoms with van der Waals surface area (Å²) in [5.74, 6) is 2.25. The number of carbonyl (C=O) groups is 1. The summed E-state index contributed by atoms with van der Waals surface area (Å²) in [6, 6.07) is 14.1. The van der Waals surface area contributed by atoms with E-state index in [2.05, 4.69) is 28.3 Å². The average Bonchev–Trinajstić information content (AvgIpc) is 3.87. The van der Waals surface area contributed by atoms with Gasteiger partial charge in [-0.05, 0) is 99.8 Å². The summed E-state index contributed by atoms with van der Waals surface area (Å²) in [7, 11) is 3.41. The molecule has 52 heavy (non-hydrogen) atoms. The number of halogens is 3. The van der Waals surface area contributed by atoms with Crippen LogP contribution in [-0.2, 0) is 28.5 Å². The highest BCUT2D eigenvalue weighted by atomic mass is 19.4. The number of hydrogen-bond acceptors (Lipinski definition) is 7. The molecule has 0 bridgehead atoms. The number of likely N-dealkylation sites (N-methyl/N-ethyl adjacent to an activating group) is 1. The van der Waals surface area contributed by atoms with Gasteiger partial charge in [-0.1, -0.05) is 23.4 Å². The molecule has 11 heteroatoms. The van der Waals surface area contributed by atoms with Crippen molar-refractivity contribution in [3.05, 3.63) is 71.1 Å². The number of benzene rings is 2. The lowest BCUT2D eigenvalue weighted by Gasteiger charge is -2.53. The minimum atomic E-state index is -4.46. The Hall–Kier alpha value is -4.12. The Kier molecular flexibility index (Phi) is 9.42. The van der Waals surface area contributed by atoms with Crippen molar-refractivity contribution < 1.29 is 32.0 Å². The van der Waals surface area contributed by atoms with Crippen molar-refractivity contribution in [2.24, 2.45) is 11.3 Å². The Bertz CT molecular complexity index is 1920. The van der Waals surface area contributed by atoms with Crippen LogP contribution in [0.3, 0.4) is 0 Å². The van der Waals surface area contributed by atoms with Crippen molar-refractivity contribution in [2.75, 3.05) is 45.3 Å². The van der Waals surface area contributed by atoms with Gasteiger partial charge in [-0.25, -0.2) is 0 Å². The van der Waals surface area contributed by atoms with Crippen LogP contribution in [0, 0.1) is 11.3 Å². The topological polar surface area (TPSA) is 80.9 Å². The molecule has 0 N–H and O–H groups in total. The zero-order valence-electron chi connectivity index (χ0n) is 30.0. The normalized spacial score (nSPS) is 19.1. The Morgan fingerprint density at radius 1 is 1.06 bits per heavy atom. The van der Waals surface area contributed by atoms with Gasteiger partial charge in [0, 0.05) is 68.0 Å². The molecule has 3 heterocycles. The zero-order valence-corrected chi connectivity index (χ0v) is 30.0. The van der Waals surface area contributed by atoms with E-state index in [9.17, 15) is 18.0 Å². The molecule has 2 aromatic heterocycles. The van der Waals surface area contributed by atoms with Crippen LogP contribution in [0.5, 0.6) is 5.75 Å².